The maximum atomic E-state index is 5.69. The average Bonchev–Trinajstić information content (AvgIpc) is 2.63. The van der Waals surface area contributed by atoms with E-state index in [9.17, 15) is 0 Å². The first-order valence-corrected chi connectivity index (χ1v) is 10.1. The Morgan fingerprint density at radius 2 is 1.46 bits per heavy atom. The van der Waals surface area contributed by atoms with Crippen molar-refractivity contribution in [3.8, 4) is 11.1 Å². The third-order valence-electron chi connectivity index (χ3n) is 5.21. The molecular weight excluding hydrogens is 380 g/mol. The van der Waals surface area contributed by atoms with Crippen LogP contribution in [0, 0.1) is 11.8 Å². The molecule has 0 nitrogen and oxygen atoms in total. The molecule has 0 spiro atoms. The van der Waals surface area contributed by atoms with E-state index in [0.717, 1.165) is 10.4 Å². The smallest absolute Gasteiger partial charge is 0.0175 e. The van der Waals surface area contributed by atoms with Gasteiger partial charge in [0.1, 0.15) is 0 Å². The lowest BCUT2D eigenvalue weighted by Gasteiger charge is -2.26. The first kappa shape index (κ1) is 17.8. The summed E-state index contributed by atoms with van der Waals surface area (Å²) in [6.45, 7) is 0. The Hall–Kier alpha value is -1.05. The van der Waals surface area contributed by atoms with Crippen LogP contribution in [0.1, 0.15) is 37.7 Å². The first-order valence-electron chi connectivity index (χ1n) is 8.86. The maximum Gasteiger partial charge on any atom is 0.0175 e. The fraction of sp³-hybridized carbons (Fsp3) is 0.364. The van der Waals surface area contributed by atoms with E-state index in [1.165, 1.54) is 55.2 Å². The predicted octanol–water partition coefficient (Wildman–Crippen LogP) is 7.61. The standard InChI is InChI=1S/C22H24BrCl/c23-22-13-11-21(12-14-22)20-9-7-18(8-10-20)2-1-17-3-5-19(6-4-17)15-16-24/h7-17,19H,1-6H2/b16-15+/t17-,19-. The van der Waals surface area contributed by atoms with E-state index >= 15 is 0 Å². The number of hydrogen-bond acceptors (Lipinski definition) is 0. The van der Waals surface area contributed by atoms with Crippen molar-refractivity contribution in [3.05, 3.63) is 70.2 Å². The number of rotatable bonds is 5. The van der Waals surface area contributed by atoms with Crippen molar-refractivity contribution in [2.75, 3.05) is 0 Å². The zero-order valence-electron chi connectivity index (χ0n) is 13.9. The van der Waals surface area contributed by atoms with Crippen molar-refractivity contribution in [3.63, 3.8) is 0 Å². The summed E-state index contributed by atoms with van der Waals surface area (Å²) in [6.07, 6.45) is 9.98. The Morgan fingerprint density at radius 1 is 0.875 bits per heavy atom. The van der Waals surface area contributed by atoms with Gasteiger partial charge >= 0.3 is 0 Å². The van der Waals surface area contributed by atoms with E-state index in [0.29, 0.717) is 5.92 Å². The van der Waals surface area contributed by atoms with Gasteiger partial charge in [-0.2, -0.15) is 0 Å². The zero-order chi connectivity index (χ0) is 16.8. The van der Waals surface area contributed by atoms with Crippen LogP contribution in [0.15, 0.2) is 64.6 Å². The van der Waals surface area contributed by atoms with Gasteiger partial charge in [-0.1, -0.05) is 70.0 Å². The highest BCUT2D eigenvalue weighted by Crippen LogP contribution is 2.32. The van der Waals surface area contributed by atoms with Crippen LogP contribution in [0.2, 0.25) is 0 Å². The highest BCUT2D eigenvalue weighted by Gasteiger charge is 2.19. The van der Waals surface area contributed by atoms with E-state index in [1.807, 2.05) is 0 Å². The first-order chi connectivity index (χ1) is 11.7. The minimum absolute atomic E-state index is 0.712. The number of allylic oxidation sites excluding steroid dienone is 1. The third-order valence-corrected chi connectivity index (χ3v) is 5.88. The van der Waals surface area contributed by atoms with E-state index in [2.05, 4.69) is 70.5 Å². The van der Waals surface area contributed by atoms with Gasteiger partial charge in [-0.25, -0.2) is 0 Å². The van der Waals surface area contributed by atoms with Gasteiger partial charge < -0.3 is 0 Å². The van der Waals surface area contributed by atoms with Crippen LogP contribution < -0.4 is 0 Å². The summed E-state index contributed by atoms with van der Waals surface area (Å²) in [5.41, 5.74) is 5.71. The number of halogens is 2. The summed E-state index contributed by atoms with van der Waals surface area (Å²) < 4.78 is 1.12. The molecule has 126 valence electrons. The van der Waals surface area contributed by atoms with Gasteiger partial charge in [0.2, 0.25) is 0 Å². The Bertz CT molecular complexity index is 649. The summed E-state index contributed by atoms with van der Waals surface area (Å²) in [7, 11) is 0. The van der Waals surface area contributed by atoms with Gasteiger partial charge in [0.25, 0.3) is 0 Å². The lowest BCUT2D eigenvalue weighted by atomic mass is 9.79. The molecule has 3 rings (SSSR count). The van der Waals surface area contributed by atoms with Crippen LogP contribution in [0.4, 0.5) is 0 Å². The fourth-order valence-electron chi connectivity index (χ4n) is 3.65. The van der Waals surface area contributed by atoms with Crippen molar-refractivity contribution >= 4 is 27.5 Å². The molecule has 1 fully saturated rings. The van der Waals surface area contributed by atoms with E-state index < -0.39 is 0 Å². The Labute approximate surface area is 159 Å². The van der Waals surface area contributed by atoms with Crippen molar-refractivity contribution < 1.29 is 0 Å². The molecule has 1 saturated carbocycles. The van der Waals surface area contributed by atoms with E-state index in [4.69, 9.17) is 11.6 Å². The number of hydrogen-bond donors (Lipinski definition) is 0. The second-order valence-electron chi connectivity index (χ2n) is 6.84. The Kier molecular flexibility index (Phi) is 6.57. The maximum absolute atomic E-state index is 5.69. The second-order valence-corrected chi connectivity index (χ2v) is 8.01. The number of aryl methyl sites for hydroxylation is 1. The zero-order valence-corrected chi connectivity index (χ0v) is 16.3. The molecule has 0 aromatic heterocycles. The quantitative estimate of drug-likeness (QED) is 0.482. The molecule has 0 heterocycles. The summed E-state index contributed by atoms with van der Waals surface area (Å²) in [5.74, 6) is 1.60. The van der Waals surface area contributed by atoms with Crippen LogP contribution in [0.3, 0.4) is 0 Å². The summed E-state index contributed by atoms with van der Waals surface area (Å²) >= 11 is 9.18. The normalized spacial score (nSPS) is 21.2. The largest absolute Gasteiger partial charge is 0.0933 e. The second kappa shape index (κ2) is 8.87. The molecule has 2 aromatic carbocycles. The SMILES string of the molecule is Cl/C=C/[C@H]1CC[C@H](CCc2ccc(-c3ccc(Br)cc3)cc2)CC1. The molecule has 2 heteroatoms. The van der Waals surface area contributed by atoms with Crippen molar-refractivity contribution in [1.82, 2.24) is 0 Å². The summed E-state index contributed by atoms with van der Waals surface area (Å²) in [4.78, 5) is 0. The van der Waals surface area contributed by atoms with Gasteiger partial charge in [0.15, 0.2) is 0 Å². The lowest BCUT2D eigenvalue weighted by molar-refractivity contribution is 0.296. The van der Waals surface area contributed by atoms with Gasteiger partial charge in [0.05, 0.1) is 0 Å². The van der Waals surface area contributed by atoms with Gasteiger partial charge in [-0.3, -0.25) is 0 Å². The summed E-state index contributed by atoms with van der Waals surface area (Å²) in [6, 6.07) is 17.6. The Morgan fingerprint density at radius 3 is 2.04 bits per heavy atom. The minimum Gasteiger partial charge on any atom is -0.0933 e. The molecule has 0 amide bonds. The predicted molar refractivity (Wildman–Crippen MR) is 108 cm³/mol. The molecule has 0 atom stereocenters. The van der Waals surface area contributed by atoms with Crippen molar-refractivity contribution in [1.29, 1.82) is 0 Å². The molecule has 1 aliphatic carbocycles. The van der Waals surface area contributed by atoms with Gasteiger partial charge in [-0.05, 0) is 79.2 Å². The minimum atomic E-state index is 0.712. The number of benzene rings is 2. The summed E-state index contributed by atoms with van der Waals surface area (Å²) in [5, 5.41) is 0. The van der Waals surface area contributed by atoms with Crippen LogP contribution in [0.5, 0.6) is 0 Å². The third kappa shape index (κ3) is 4.97. The molecule has 2 aromatic rings. The van der Waals surface area contributed by atoms with Crippen LogP contribution in [-0.2, 0) is 6.42 Å². The monoisotopic (exact) mass is 402 g/mol. The van der Waals surface area contributed by atoms with Gasteiger partial charge in [-0.15, -0.1) is 0 Å². The topological polar surface area (TPSA) is 0 Å². The molecule has 0 saturated heterocycles. The van der Waals surface area contributed by atoms with Crippen molar-refractivity contribution in [2.45, 2.75) is 38.5 Å². The van der Waals surface area contributed by atoms with E-state index in [1.54, 1.807) is 5.54 Å². The highest BCUT2D eigenvalue weighted by atomic mass is 79.9. The molecule has 0 unspecified atom stereocenters. The van der Waals surface area contributed by atoms with E-state index in [-0.39, 0.29) is 0 Å². The highest BCUT2D eigenvalue weighted by molar-refractivity contribution is 9.10. The molecule has 0 radical (unpaired) electrons. The van der Waals surface area contributed by atoms with Gasteiger partial charge in [0, 0.05) is 10.0 Å². The molecule has 24 heavy (non-hydrogen) atoms. The molecule has 0 N–H and O–H groups in total. The average molecular weight is 404 g/mol. The van der Waals surface area contributed by atoms with Crippen LogP contribution in [-0.4, -0.2) is 0 Å². The lowest BCUT2D eigenvalue weighted by Crippen LogP contribution is -2.13. The van der Waals surface area contributed by atoms with Crippen LogP contribution >= 0.6 is 27.5 Å². The Balaban J connectivity index is 1.51. The molecule has 1 aliphatic rings. The molecule has 0 bridgehead atoms. The van der Waals surface area contributed by atoms with Crippen molar-refractivity contribution in [2.24, 2.45) is 11.8 Å². The van der Waals surface area contributed by atoms with Crippen LogP contribution in [0.25, 0.3) is 11.1 Å². The fourth-order valence-corrected chi connectivity index (χ4v) is 4.12. The molecule has 0 aliphatic heterocycles. The molecular formula is C22H24BrCl.